The molecule has 0 saturated heterocycles. The largest absolute Gasteiger partial charge is 0.329 e. The molecule has 1 aromatic carbocycles. The van der Waals surface area contributed by atoms with Crippen LogP contribution in [0.4, 0.5) is 5.69 Å². The number of nitrogens with zero attached hydrogens (tertiary/aromatic N) is 1. The first-order valence-corrected chi connectivity index (χ1v) is 6.64. The summed E-state index contributed by atoms with van der Waals surface area (Å²) in [6, 6.07) is 7.98. The average molecular weight is 246 g/mol. The minimum Gasteiger partial charge on any atom is -0.329 e. The fourth-order valence-corrected chi connectivity index (χ4v) is 2.96. The lowest BCUT2D eigenvalue weighted by Gasteiger charge is -2.32. The number of hydrogen-bond donors (Lipinski definition) is 1. The molecule has 1 saturated carbocycles. The predicted molar refractivity (Wildman–Crippen MR) is 74.5 cm³/mol. The van der Waals surface area contributed by atoms with Gasteiger partial charge in [-0.2, -0.15) is 0 Å². The lowest BCUT2D eigenvalue weighted by molar-refractivity contribution is -0.127. The molecule has 3 heteroatoms. The van der Waals surface area contributed by atoms with Crippen LogP contribution in [0, 0.1) is 12.3 Å². The van der Waals surface area contributed by atoms with Crippen LogP contribution in [0.5, 0.6) is 0 Å². The van der Waals surface area contributed by atoms with E-state index >= 15 is 0 Å². The first-order valence-electron chi connectivity index (χ1n) is 6.64. The van der Waals surface area contributed by atoms with E-state index < -0.39 is 0 Å². The van der Waals surface area contributed by atoms with Gasteiger partial charge in [0.1, 0.15) is 0 Å². The van der Waals surface area contributed by atoms with Crippen molar-refractivity contribution < 1.29 is 4.79 Å². The molecule has 18 heavy (non-hydrogen) atoms. The summed E-state index contributed by atoms with van der Waals surface area (Å²) in [5, 5.41) is 0. The van der Waals surface area contributed by atoms with Crippen molar-refractivity contribution >= 4 is 11.6 Å². The third kappa shape index (κ3) is 2.15. The highest BCUT2D eigenvalue weighted by Crippen LogP contribution is 2.39. The summed E-state index contributed by atoms with van der Waals surface area (Å²) in [6.07, 6.45) is 4.09. The van der Waals surface area contributed by atoms with Gasteiger partial charge in [-0.3, -0.25) is 4.79 Å². The van der Waals surface area contributed by atoms with E-state index in [1.807, 2.05) is 38.2 Å². The maximum Gasteiger partial charge on any atom is 0.234 e. The van der Waals surface area contributed by atoms with Crippen LogP contribution in [0.1, 0.15) is 31.2 Å². The van der Waals surface area contributed by atoms with E-state index in [9.17, 15) is 4.79 Å². The lowest BCUT2D eigenvalue weighted by atomic mass is 9.84. The van der Waals surface area contributed by atoms with E-state index in [-0.39, 0.29) is 11.3 Å². The van der Waals surface area contributed by atoms with Gasteiger partial charge in [0, 0.05) is 19.3 Å². The van der Waals surface area contributed by atoms with Crippen molar-refractivity contribution in [3.8, 4) is 0 Å². The second kappa shape index (κ2) is 5.11. The lowest BCUT2D eigenvalue weighted by Crippen LogP contribution is -2.45. The summed E-state index contributed by atoms with van der Waals surface area (Å²) in [5.41, 5.74) is 7.67. The molecule has 2 N–H and O–H groups in total. The summed E-state index contributed by atoms with van der Waals surface area (Å²) < 4.78 is 0. The minimum atomic E-state index is -0.322. The van der Waals surface area contributed by atoms with Crippen LogP contribution < -0.4 is 10.6 Å². The summed E-state index contributed by atoms with van der Waals surface area (Å²) >= 11 is 0. The first-order chi connectivity index (χ1) is 8.60. The highest BCUT2D eigenvalue weighted by atomic mass is 16.2. The van der Waals surface area contributed by atoms with Gasteiger partial charge < -0.3 is 10.6 Å². The molecule has 0 aliphatic heterocycles. The number of rotatable bonds is 3. The van der Waals surface area contributed by atoms with Crippen LogP contribution in [-0.4, -0.2) is 19.5 Å². The maximum absolute atomic E-state index is 12.7. The number of carbonyl (C=O) groups is 1. The smallest absolute Gasteiger partial charge is 0.234 e. The molecule has 1 aromatic rings. The number of amides is 1. The van der Waals surface area contributed by atoms with Crippen LogP contribution in [-0.2, 0) is 4.79 Å². The van der Waals surface area contributed by atoms with Gasteiger partial charge >= 0.3 is 0 Å². The molecular formula is C15H22N2O. The zero-order valence-electron chi connectivity index (χ0n) is 11.3. The molecule has 0 radical (unpaired) electrons. The van der Waals surface area contributed by atoms with E-state index in [0.717, 1.165) is 36.9 Å². The molecule has 0 aromatic heterocycles. The Hall–Kier alpha value is -1.35. The monoisotopic (exact) mass is 246 g/mol. The van der Waals surface area contributed by atoms with Gasteiger partial charge in [-0.25, -0.2) is 0 Å². The van der Waals surface area contributed by atoms with Crippen molar-refractivity contribution in [3.05, 3.63) is 29.8 Å². The van der Waals surface area contributed by atoms with E-state index in [1.54, 1.807) is 4.90 Å². The van der Waals surface area contributed by atoms with Crippen molar-refractivity contribution in [2.24, 2.45) is 11.1 Å². The number of benzene rings is 1. The summed E-state index contributed by atoms with van der Waals surface area (Å²) in [5.74, 6) is 0.178. The van der Waals surface area contributed by atoms with Crippen molar-refractivity contribution in [2.45, 2.75) is 32.6 Å². The molecule has 3 nitrogen and oxygen atoms in total. The molecule has 1 aliphatic carbocycles. The Kier molecular flexibility index (Phi) is 3.71. The van der Waals surface area contributed by atoms with Gasteiger partial charge in [0.2, 0.25) is 5.91 Å². The SMILES string of the molecule is Cc1ccccc1N(C)C(=O)C1(CN)CCCC1. The molecule has 0 heterocycles. The number of para-hydroxylation sites is 1. The van der Waals surface area contributed by atoms with Crippen molar-refractivity contribution in [3.63, 3.8) is 0 Å². The molecule has 0 unspecified atom stereocenters. The van der Waals surface area contributed by atoms with Crippen LogP contribution in [0.25, 0.3) is 0 Å². The topological polar surface area (TPSA) is 46.3 Å². The third-order valence-corrected chi connectivity index (χ3v) is 4.19. The van der Waals surface area contributed by atoms with Crippen LogP contribution in [0.3, 0.4) is 0 Å². The second-order valence-corrected chi connectivity index (χ2v) is 5.34. The fourth-order valence-electron chi connectivity index (χ4n) is 2.96. The number of carbonyl (C=O) groups excluding carboxylic acids is 1. The van der Waals surface area contributed by atoms with Gasteiger partial charge in [0.25, 0.3) is 0 Å². The van der Waals surface area contributed by atoms with E-state index in [0.29, 0.717) is 6.54 Å². The molecule has 0 bridgehead atoms. The van der Waals surface area contributed by atoms with Gasteiger partial charge in [-0.1, -0.05) is 31.0 Å². The molecule has 1 aliphatic rings. The molecule has 1 amide bonds. The van der Waals surface area contributed by atoms with E-state index in [1.165, 1.54) is 0 Å². The Morgan fingerprint density at radius 2 is 1.94 bits per heavy atom. The Morgan fingerprint density at radius 3 is 2.50 bits per heavy atom. The summed E-state index contributed by atoms with van der Waals surface area (Å²) in [7, 11) is 1.86. The van der Waals surface area contributed by atoms with Crippen molar-refractivity contribution in [1.82, 2.24) is 0 Å². The molecule has 1 fully saturated rings. The number of hydrogen-bond acceptors (Lipinski definition) is 2. The van der Waals surface area contributed by atoms with Crippen LogP contribution in [0.2, 0.25) is 0 Å². The van der Waals surface area contributed by atoms with Crippen molar-refractivity contribution in [1.29, 1.82) is 0 Å². The number of aryl methyl sites for hydroxylation is 1. The Balaban J connectivity index is 2.26. The van der Waals surface area contributed by atoms with Crippen molar-refractivity contribution in [2.75, 3.05) is 18.5 Å². The fraction of sp³-hybridized carbons (Fsp3) is 0.533. The van der Waals surface area contributed by atoms with Crippen LogP contribution in [0.15, 0.2) is 24.3 Å². The first kappa shape index (κ1) is 13.1. The predicted octanol–water partition coefficient (Wildman–Crippen LogP) is 2.48. The number of anilines is 1. The Morgan fingerprint density at radius 1 is 1.33 bits per heavy atom. The zero-order chi connectivity index (χ0) is 13.2. The second-order valence-electron chi connectivity index (χ2n) is 5.34. The van der Waals surface area contributed by atoms with Gasteiger partial charge in [-0.15, -0.1) is 0 Å². The summed E-state index contributed by atoms with van der Waals surface area (Å²) in [4.78, 5) is 14.5. The van der Waals surface area contributed by atoms with E-state index in [4.69, 9.17) is 5.73 Å². The Labute approximate surface area is 109 Å². The highest BCUT2D eigenvalue weighted by molar-refractivity contribution is 5.98. The molecule has 0 spiro atoms. The average Bonchev–Trinajstić information content (AvgIpc) is 2.87. The number of nitrogens with two attached hydrogens (primary N) is 1. The molecular weight excluding hydrogens is 224 g/mol. The molecule has 2 rings (SSSR count). The quantitative estimate of drug-likeness (QED) is 0.890. The molecule has 98 valence electrons. The van der Waals surface area contributed by atoms with Gasteiger partial charge in [0.05, 0.1) is 5.41 Å². The zero-order valence-corrected chi connectivity index (χ0v) is 11.3. The van der Waals surface area contributed by atoms with Gasteiger partial charge in [0.15, 0.2) is 0 Å². The highest BCUT2D eigenvalue weighted by Gasteiger charge is 2.41. The minimum absolute atomic E-state index is 0.178. The van der Waals surface area contributed by atoms with Crippen LogP contribution >= 0.6 is 0 Å². The summed E-state index contributed by atoms with van der Waals surface area (Å²) in [6.45, 7) is 2.49. The third-order valence-electron chi connectivity index (χ3n) is 4.19. The normalized spacial score (nSPS) is 17.7. The standard InChI is InChI=1S/C15H22N2O/c1-12-7-3-4-8-13(12)17(2)14(18)15(11-16)9-5-6-10-15/h3-4,7-8H,5-6,9-11,16H2,1-2H3. The Bertz CT molecular complexity index is 436. The maximum atomic E-state index is 12.7. The molecule has 0 atom stereocenters. The van der Waals surface area contributed by atoms with E-state index in [2.05, 4.69) is 0 Å². The van der Waals surface area contributed by atoms with Gasteiger partial charge in [-0.05, 0) is 31.4 Å².